The van der Waals surface area contributed by atoms with E-state index < -0.39 is 0 Å². The third kappa shape index (κ3) is 2.76. The first-order chi connectivity index (χ1) is 8.66. The van der Waals surface area contributed by atoms with Crippen LogP contribution in [-0.2, 0) is 4.79 Å². The van der Waals surface area contributed by atoms with Crippen molar-refractivity contribution in [2.75, 3.05) is 6.54 Å². The molecule has 5 heteroatoms. The molecular formula is C14H25ClN2O2. The lowest BCUT2D eigenvalue weighted by molar-refractivity contribution is -0.127. The quantitative estimate of drug-likeness (QED) is 0.727. The van der Waals surface area contributed by atoms with Crippen LogP contribution < -0.4 is 11.1 Å². The third-order valence-electron chi connectivity index (χ3n) is 5.44. The van der Waals surface area contributed by atoms with E-state index in [2.05, 4.69) is 5.32 Å². The van der Waals surface area contributed by atoms with E-state index in [9.17, 15) is 9.90 Å². The molecule has 6 unspecified atom stereocenters. The van der Waals surface area contributed by atoms with Crippen molar-refractivity contribution in [1.82, 2.24) is 5.32 Å². The Morgan fingerprint density at radius 3 is 2.53 bits per heavy atom. The molecule has 110 valence electrons. The van der Waals surface area contributed by atoms with Crippen LogP contribution in [-0.4, -0.2) is 29.7 Å². The van der Waals surface area contributed by atoms with Gasteiger partial charge in [-0.25, -0.2) is 0 Å². The monoisotopic (exact) mass is 288 g/mol. The average molecular weight is 289 g/mol. The van der Waals surface area contributed by atoms with Crippen LogP contribution in [0.5, 0.6) is 0 Å². The fourth-order valence-electron chi connectivity index (χ4n) is 4.33. The highest BCUT2D eigenvalue weighted by Crippen LogP contribution is 2.47. The van der Waals surface area contributed by atoms with Gasteiger partial charge in [-0.1, -0.05) is 6.42 Å². The first-order valence-corrected chi connectivity index (χ1v) is 7.38. The summed E-state index contributed by atoms with van der Waals surface area (Å²) in [6.45, 7) is 0.626. The second-order valence-electron chi connectivity index (χ2n) is 6.44. The van der Waals surface area contributed by atoms with Crippen LogP contribution in [0.2, 0.25) is 0 Å². The summed E-state index contributed by atoms with van der Waals surface area (Å²) >= 11 is 0. The summed E-state index contributed by atoms with van der Waals surface area (Å²) in [5.74, 6) is 1.50. The van der Waals surface area contributed by atoms with Gasteiger partial charge in [0.15, 0.2) is 0 Å². The minimum Gasteiger partial charge on any atom is -0.393 e. The van der Waals surface area contributed by atoms with Crippen LogP contribution in [0.4, 0.5) is 0 Å². The first-order valence-electron chi connectivity index (χ1n) is 7.38. The van der Waals surface area contributed by atoms with Crippen molar-refractivity contribution in [1.29, 1.82) is 0 Å². The average Bonchev–Trinajstić information content (AvgIpc) is 3.02. The highest BCUT2D eigenvalue weighted by Gasteiger charge is 2.49. The zero-order chi connectivity index (χ0) is 12.7. The number of rotatable bonds is 3. The fraction of sp³-hybridized carbons (Fsp3) is 0.929. The molecule has 0 saturated heterocycles. The zero-order valence-electron chi connectivity index (χ0n) is 11.3. The van der Waals surface area contributed by atoms with E-state index in [1.807, 2.05) is 0 Å². The number of carbonyl (C=O) groups is 1. The summed E-state index contributed by atoms with van der Waals surface area (Å²) in [5, 5.41) is 12.8. The van der Waals surface area contributed by atoms with Gasteiger partial charge in [0.2, 0.25) is 5.91 Å². The largest absolute Gasteiger partial charge is 0.393 e. The lowest BCUT2D eigenvalue weighted by Crippen LogP contribution is -2.46. The van der Waals surface area contributed by atoms with Gasteiger partial charge in [-0.3, -0.25) is 4.79 Å². The number of carbonyl (C=O) groups excluding carboxylic acids is 1. The highest BCUT2D eigenvalue weighted by molar-refractivity contribution is 5.85. The smallest absolute Gasteiger partial charge is 0.224 e. The van der Waals surface area contributed by atoms with E-state index in [1.165, 1.54) is 12.8 Å². The summed E-state index contributed by atoms with van der Waals surface area (Å²) in [6, 6.07) is 0.0669. The minimum absolute atomic E-state index is 0. The van der Waals surface area contributed by atoms with Gasteiger partial charge in [0.1, 0.15) is 0 Å². The molecule has 3 aliphatic carbocycles. The standard InChI is InChI=1S/C14H24N2O2.ClH/c15-13-9-5-4-8(6-9)12(13)14(18)16-7-10-2-1-3-11(10)17;/h8-13,17H,1-7,15H2,(H,16,18);1H. The number of hydrogen-bond acceptors (Lipinski definition) is 3. The van der Waals surface area contributed by atoms with Crippen molar-refractivity contribution in [2.24, 2.45) is 29.4 Å². The Bertz CT molecular complexity index is 337. The maximum atomic E-state index is 12.2. The van der Waals surface area contributed by atoms with E-state index >= 15 is 0 Å². The van der Waals surface area contributed by atoms with Gasteiger partial charge in [0.25, 0.3) is 0 Å². The second-order valence-corrected chi connectivity index (χ2v) is 6.44. The maximum Gasteiger partial charge on any atom is 0.224 e. The number of nitrogens with two attached hydrogens (primary N) is 1. The predicted octanol–water partition coefficient (Wildman–Crippen LogP) is 1.06. The Kier molecular flexibility index (Phi) is 4.75. The number of amides is 1. The van der Waals surface area contributed by atoms with Crippen LogP contribution in [0.25, 0.3) is 0 Å². The highest BCUT2D eigenvalue weighted by atomic mass is 35.5. The molecule has 3 aliphatic rings. The number of aliphatic hydroxyl groups excluding tert-OH is 1. The van der Waals surface area contributed by atoms with Gasteiger partial charge in [0, 0.05) is 18.5 Å². The summed E-state index contributed by atoms with van der Waals surface area (Å²) in [7, 11) is 0. The van der Waals surface area contributed by atoms with Crippen molar-refractivity contribution >= 4 is 18.3 Å². The normalized spacial score (nSPS) is 44.1. The van der Waals surface area contributed by atoms with Gasteiger partial charge in [0.05, 0.1) is 12.0 Å². The van der Waals surface area contributed by atoms with Crippen LogP contribution in [0.15, 0.2) is 0 Å². The van der Waals surface area contributed by atoms with E-state index in [4.69, 9.17) is 5.73 Å². The SMILES string of the molecule is Cl.NC1C2CCC(C2)C1C(=O)NCC1CCCC1O. The topological polar surface area (TPSA) is 75.4 Å². The molecule has 0 heterocycles. The lowest BCUT2D eigenvalue weighted by atomic mass is 9.84. The molecule has 3 fully saturated rings. The van der Waals surface area contributed by atoms with Crippen molar-refractivity contribution in [2.45, 2.75) is 50.7 Å². The van der Waals surface area contributed by atoms with E-state index in [0.29, 0.717) is 18.4 Å². The molecular weight excluding hydrogens is 264 g/mol. The molecule has 3 saturated carbocycles. The summed E-state index contributed by atoms with van der Waals surface area (Å²) in [6.07, 6.45) is 6.29. The number of nitrogens with one attached hydrogen (secondary N) is 1. The van der Waals surface area contributed by atoms with E-state index in [-0.39, 0.29) is 42.3 Å². The van der Waals surface area contributed by atoms with E-state index in [0.717, 1.165) is 25.7 Å². The van der Waals surface area contributed by atoms with Crippen molar-refractivity contribution < 1.29 is 9.90 Å². The molecule has 0 aromatic rings. The Balaban J connectivity index is 0.00000133. The first kappa shape index (κ1) is 15.1. The van der Waals surface area contributed by atoms with Gasteiger partial charge in [-0.2, -0.15) is 0 Å². The molecule has 6 atom stereocenters. The number of aliphatic hydroxyl groups is 1. The number of hydrogen-bond donors (Lipinski definition) is 3. The van der Waals surface area contributed by atoms with Crippen LogP contribution in [0.3, 0.4) is 0 Å². The molecule has 0 aliphatic heterocycles. The Hall–Kier alpha value is -0.320. The Morgan fingerprint density at radius 1 is 1.21 bits per heavy atom. The number of fused-ring (bicyclic) bond motifs is 2. The van der Waals surface area contributed by atoms with Gasteiger partial charge in [-0.15, -0.1) is 12.4 Å². The van der Waals surface area contributed by atoms with Crippen molar-refractivity contribution in [3.05, 3.63) is 0 Å². The molecule has 3 rings (SSSR count). The van der Waals surface area contributed by atoms with Gasteiger partial charge in [-0.05, 0) is 43.9 Å². The molecule has 0 aromatic carbocycles. The summed E-state index contributed by atoms with van der Waals surface area (Å²) < 4.78 is 0. The molecule has 0 radical (unpaired) electrons. The van der Waals surface area contributed by atoms with Gasteiger partial charge < -0.3 is 16.2 Å². The predicted molar refractivity (Wildman–Crippen MR) is 75.9 cm³/mol. The van der Waals surface area contributed by atoms with Crippen LogP contribution in [0, 0.1) is 23.7 Å². The zero-order valence-corrected chi connectivity index (χ0v) is 12.1. The molecule has 2 bridgehead atoms. The van der Waals surface area contributed by atoms with Crippen LogP contribution in [0.1, 0.15) is 38.5 Å². The second kappa shape index (κ2) is 5.98. The maximum absolute atomic E-state index is 12.2. The van der Waals surface area contributed by atoms with Crippen molar-refractivity contribution in [3.63, 3.8) is 0 Å². The van der Waals surface area contributed by atoms with Crippen molar-refractivity contribution in [3.8, 4) is 0 Å². The summed E-state index contributed by atoms with van der Waals surface area (Å²) in [4.78, 5) is 12.2. The Labute approximate surface area is 120 Å². The minimum atomic E-state index is -0.223. The fourth-order valence-corrected chi connectivity index (χ4v) is 4.33. The third-order valence-corrected chi connectivity index (χ3v) is 5.44. The number of halogens is 1. The molecule has 4 N–H and O–H groups in total. The molecule has 19 heavy (non-hydrogen) atoms. The van der Waals surface area contributed by atoms with E-state index in [1.54, 1.807) is 0 Å². The lowest BCUT2D eigenvalue weighted by Gasteiger charge is -2.27. The molecule has 0 spiro atoms. The van der Waals surface area contributed by atoms with Gasteiger partial charge >= 0.3 is 0 Å². The molecule has 1 amide bonds. The van der Waals surface area contributed by atoms with Crippen LogP contribution >= 0.6 is 12.4 Å². The molecule has 0 aromatic heterocycles. The summed E-state index contributed by atoms with van der Waals surface area (Å²) in [5.41, 5.74) is 6.17. The Morgan fingerprint density at radius 2 is 1.95 bits per heavy atom. The molecule has 4 nitrogen and oxygen atoms in total.